The highest BCUT2D eigenvalue weighted by molar-refractivity contribution is 7.91. The van der Waals surface area contributed by atoms with Gasteiger partial charge in [-0.05, 0) is 42.7 Å². The van der Waals surface area contributed by atoms with Crippen molar-refractivity contribution in [1.82, 2.24) is 10.2 Å². The minimum atomic E-state index is -4.93. The van der Waals surface area contributed by atoms with Gasteiger partial charge in [0.1, 0.15) is 0 Å². The molecule has 0 saturated carbocycles. The minimum Gasteiger partial charge on any atom is -0.481 e. The average Bonchev–Trinajstić information content (AvgIpc) is 2.82. The maximum atomic E-state index is 13.6. The molecule has 0 fully saturated rings. The molecule has 8 nitrogen and oxygen atoms in total. The molecular weight excluding hydrogens is 499 g/mol. The number of carbonyl (C=O) groups excluding carboxylic acids is 1. The van der Waals surface area contributed by atoms with Crippen molar-refractivity contribution in [3.05, 3.63) is 71.5 Å². The number of nitrogens with zero attached hydrogens (tertiary/aromatic N) is 3. The van der Waals surface area contributed by atoms with Gasteiger partial charge >= 0.3 is 12.1 Å². The monoisotopic (exact) mass is 521 g/mol. The van der Waals surface area contributed by atoms with E-state index in [4.69, 9.17) is 5.11 Å². The third-order valence-corrected chi connectivity index (χ3v) is 7.23. The highest BCUT2D eigenvalue weighted by atomic mass is 32.2. The van der Waals surface area contributed by atoms with Crippen LogP contribution in [0.1, 0.15) is 34.3 Å². The van der Waals surface area contributed by atoms with E-state index in [9.17, 15) is 31.2 Å². The molecule has 1 aromatic heterocycles. The Labute approximate surface area is 205 Å². The van der Waals surface area contributed by atoms with E-state index in [2.05, 4.69) is 10.2 Å². The first-order chi connectivity index (χ1) is 16.8. The fourth-order valence-corrected chi connectivity index (χ4v) is 4.94. The number of halogens is 3. The second kappa shape index (κ2) is 10.4. The van der Waals surface area contributed by atoms with Crippen LogP contribution in [-0.2, 0) is 20.8 Å². The molecule has 190 valence electrons. The van der Waals surface area contributed by atoms with Crippen molar-refractivity contribution in [3.63, 3.8) is 0 Å². The molecule has 2 aromatic carbocycles. The summed E-state index contributed by atoms with van der Waals surface area (Å²) in [5.41, 5.74) is 0.538. The van der Waals surface area contributed by atoms with Crippen LogP contribution in [-0.4, -0.2) is 48.4 Å². The Balaban J connectivity index is 2.06. The summed E-state index contributed by atoms with van der Waals surface area (Å²) in [7, 11) is -2.96. The Hall–Kier alpha value is -3.80. The second-order valence-electron chi connectivity index (χ2n) is 8.03. The summed E-state index contributed by atoms with van der Waals surface area (Å²) in [5.74, 6) is -2.82. The zero-order valence-corrected chi connectivity index (χ0v) is 20.1. The molecule has 12 heteroatoms. The summed E-state index contributed by atoms with van der Waals surface area (Å²) in [5, 5.41) is 16.4. The van der Waals surface area contributed by atoms with Crippen LogP contribution in [0.25, 0.3) is 11.1 Å². The highest BCUT2D eigenvalue weighted by Gasteiger charge is 2.34. The summed E-state index contributed by atoms with van der Waals surface area (Å²) < 4.78 is 66.1. The number of aromatic nitrogens is 2. The molecule has 0 aliphatic rings. The average molecular weight is 522 g/mol. The number of amides is 1. The molecule has 0 aliphatic heterocycles. The van der Waals surface area contributed by atoms with E-state index in [0.717, 1.165) is 22.1 Å². The Kier molecular flexibility index (Phi) is 7.77. The number of benzene rings is 2. The van der Waals surface area contributed by atoms with Gasteiger partial charge in [-0.2, -0.15) is 23.4 Å². The third kappa shape index (κ3) is 6.06. The summed E-state index contributed by atoms with van der Waals surface area (Å²) >= 11 is 0. The fraction of sp³-hybridized carbons (Fsp3) is 0.250. The molecular formula is C24H22F3N3O5S. The molecule has 1 heterocycles. The van der Waals surface area contributed by atoms with Gasteiger partial charge in [-0.15, -0.1) is 0 Å². The Morgan fingerprint density at radius 2 is 1.69 bits per heavy atom. The Morgan fingerprint density at radius 1 is 1.03 bits per heavy atom. The number of carboxylic acid groups (broad SMARTS) is 1. The molecule has 0 spiro atoms. The van der Waals surface area contributed by atoms with Gasteiger partial charge in [0.2, 0.25) is 0 Å². The third-order valence-electron chi connectivity index (χ3n) is 5.45. The number of alkyl halides is 3. The maximum absolute atomic E-state index is 13.6. The van der Waals surface area contributed by atoms with Crippen LogP contribution in [0.2, 0.25) is 0 Å². The number of carbonyl (C=O) groups is 2. The fourth-order valence-electron chi connectivity index (χ4n) is 3.56. The van der Waals surface area contributed by atoms with E-state index in [1.165, 1.54) is 19.4 Å². The van der Waals surface area contributed by atoms with Crippen molar-refractivity contribution in [3.8, 4) is 11.1 Å². The summed E-state index contributed by atoms with van der Waals surface area (Å²) in [6.07, 6.45) is -2.98. The lowest BCUT2D eigenvalue weighted by atomic mass is 10.0. The van der Waals surface area contributed by atoms with Gasteiger partial charge in [0.15, 0.2) is 9.84 Å². The van der Waals surface area contributed by atoms with Crippen LogP contribution < -0.4 is 4.90 Å². The van der Waals surface area contributed by atoms with E-state index in [-0.39, 0.29) is 12.1 Å². The van der Waals surface area contributed by atoms with Crippen LogP contribution in [0.3, 0.4) is 0 Å². The highest BCUT2D eigenvalue weighted by Crippen LogP contribution is 2.34. The van der Waals surface area contributed by atoms with Crippen LogP contribution in [0.5, 0.6) is 0 Å². The molecule has 0 atom stereocenters. The summed E-state index contributed by atoms with van der Waals surface area (Å²) in [6, 6.07) is 9.13. The molecule has 3 rings (SSSR count). The van der Waals surface area contributed by atoms with Gasteiger partial charge in [0.05, 0.1) is 34.3 Å². The predicted octanol–water partition coefficient (Wildman–Crippen LogP) is 4.39. The predicted molar refractivity (Wildman–Crippen MR) is 125 cm³/mol. The van der Waals surface area contributed by atoms with Crippen molar-refractivity contribution in [2.75, 3.05) is 17.7 Å². The number of carboxylic acids is 1. The largest absolute Gasteiger partial charge is 0.481 e. The number of hydrogen-bond acceptors (Lipinski definition) is 6. The van der Waals surface area contributed by atoms with E-state index >= 15 is 0 Å². The molecule has 36 heavy (non-hydrogen) atoms. The van der Waals surface area contributed by atoms with Crippen molar-refractivity contribution in [2.45, 2.75) is 30.8 Å². The molecule has 0 unspecified atom stereocenters. The number of rotatable bonds is 8. The summed E-state index contributed by atoms with van der Waals surface area (Å²) in [4.78, 5) is 24.4. The minimum absolute atomic E-state index is 0.257. The molecule has 1 N–H and O–H groups in total. The Bertz CT molecular complexity index is 1410. The molecule has 1 amide bonds. The van der Waals surface area contributed by atoms with E-state index in [0.29, 0.717) is 17.7 Å². The number of aryl methyl sites for hydroxylation is 1. The normalized spacial score (nSPS) is 11.8. The molecule has 0 saturated heterocycles. The van der Waals surface area contributed by atoms with Gasteiger partial charge in [0.25, 0.3) is 5.91 Å². The lowest BCUT2D eigenvalue weighted by Crippen LogP contribution is -2.28. The van der Waals surface area contributed by atoms with Crippen LogP contribution in [0, 0.1) is 6.92 Å². The van der Waals surface area contributed by atoms with Gasteiger partial charge in [-0.1, -0.05) is 24.3 Å². The van der Waals surface area contributed by atoms with E-state index in [1.807, 2.05) is 19.1 Å². The van der Waals surface area contributed by atoms with Crippen LogP contribution in [0.4, 0.5) is 18.9 Å². The number of hydrogen-bond donors (Lipinski definition) is 1. The molecule has 0 bridgehead atoms. The first-order valence-electron chi connectivity index (χ1n) is 10.6. The van der Waals surface area contributed by atoms with Crippen LogP contribution >= 0.6 is 0 Å². The van der Waals surface area contributed by atoms with Crippen molar-refractivity contribution >= 4 is 27.4 Å². The zero-order chi connectivity index (χ0) is 26.7. The molecule has 0 aliphatic carbocycles. The Morgan fingerprint density at radius 3 is 2.33 bits per heavy atom. The second-order valence-corrected chi connectivity index (χ2v) is 10.1. The molecule has 0 radical (unpaired) electrons. The van der Waals surface area contributed by atoms with Crippen LogP contribution in [0.15, 0.2) is 59.8 Å². The van der Waals surface area contributed by atoms with Crippen molar-refractivity contribution in [2.24, 2.45) is 0 Å². The first-order valence-corrected chi connectivity index (χ1v) is 12.3. The topological polar surface area (TPSA) is 118 Å². The van der Waals surface area contributed by atoms with E-state index in [1.54, 1.807) is 12.1 Å². The van der Waals surface area contributed by atoms with E-state index < -0.39 is 56.1 Å². The van der Waals surface area contributed by atoms with Gasteiger partial charge < -0.3 is 10.0 Å². The SMILES string of the molecule is Cc1ccccc1-c1cnncc1N(C)C(=O)c1cc(C(F)(F)F)cc(S(=O)(=O)CCCC(=O)O)c1. The van der Waals surface area contributed by atoms with Crippen molar-refractivity contribution < 1.29 is 36.3 Å². The zero-order valence-electron chi connectivity index (χ0n) is 19.3. The maximum Gasteiger partial charge on any atom is 0.416 e. The standard InChI is InChI=1S/C24H22F3N3O5S/c1-15-6-3-4-7-19(15)20-13-28-29-14-21(20)30(2)23(33)16-10-17(24(25,26)27)12-18(11-16)36(34,35)9-5-8-22(31)32/h3-4,6-7,10-14H,5,8-9H2,1-2H3,(H,31,32). The number of anilines is 1. The first kappa shape index (κ1) is 26.8. The number of sulfone groups is 1. The molecule has 3 aromatic rings. The quantitative estimate of drug-likeness (QED) is 0.467. The van der Waals surface area contributed by atoms with Gasteiger partial charge in [-0.25, -0.2) is 8.42 Å². The lowest BCUT2D eigenvalue weighted by molar-refractivity contribution is -0.138. The van der Waals surface area contributed by atoms with Crippen molar-refractivity contribution in [1.29, 1.82) is 0 Å². The van der Waals surface area contributed by atoms with Gasteiger partial charge in [-0.3, -0.25) is 9.59 Å². The number of aliphatic carboxylic acids is 1. The smallest absolute Gasteiger partial charge is 0.416 e. The van der Waals surface area contributed by atoms with Gasteiger partial charge in [0, 0.05) is 24.6 Å². The lowest BCUT2D eigenvalue weighted by Gasteiger charge is -2.21. The summed E-state index contributed by atoms with van der Waals surface area (Å²) in [6.45, 7) is 1.84.